The molecule has 1 aliphatic rings. The van der Waals surface area contributed by atoms with Crippen LogP contribution in [0.5, 0.6) is 11.5 Å². The predicted molar refractivity (Wildman–Crippen MR) is 103 cm³/mol. The number of halogens is 1. The number of hydrogen-bond acceptors (Lipinski definition) is 4. The van der Waals surface area contributed by atoms with E-state index in [1.807, 2.05) is 44.2 Å². The molecule has 0 saturated heterocycles. The number of nitrogens with one attached hydrogen (secondary N) is 2. The summed E-state index contributed by atoms with van der Waals surface area (Å²) in [7, 11) is 0. The summed E-state index contributed by atoms with van der Waals surface area (Å²) in [5.41, 5.74) is 2.72. The maximum atomic E-state index is 12.4. The molecule has 2 N–H and O–H groups in total. The summed E-state index contributed by atoms with van der Waals surface area (Å²) in [4.78, 5) is 12.4. The number of anilines is 2. The Balaban J connectivity index is 1.65. The van der Waals surface area contributed by atoms with Crippen molar-refractivity contribution in [3.05, 3.63) is 46.4 Å². The van der Waals surface area contributed by atoms with Crippen LogP contribution in [-0.2, 0) is 4.79 Å². The zero-order valence-corrected chi connectivity index (χ0v) is 15.9. The number of hydrogen-bond donors (Lipinski definition) is 2. The summed E-state index contributed by atoms with van der Waals surface area (Å²) in [5, 5.41) is 6.11. The smallest absolute Gasteiger partial charge is 0.246 e. The maximum absolute atomic E-state index is 12.4. The van der Waals surface area contributed by atoms with Crippen LogP contribution < -0.4 is 20.1 Å². The summed E-state index contributed by atoms with van der Waals surface area (Å²) >= 11 is 3.50. The van der Waals surface area contributed by atoms with E-state index in [-0.39, 0.29) is 11.9 Å². The summed E-state index contributed by atoms with van der Waals surface area (Å²) in [5.74, 6) is 1.26. The highest BCUT2D eigenvalue weighted by atomic mass is 79.9. The average Bonchev–Trinajstić information content (AvgIpc) is 2.83. The molecule has 0 bridgehead atoms. The molecule has 3 rings (SSSR count). The topological polar surface area (TPSA) is 59.6 Å². The standard InChI is InChI=1S/C19H21BrN2O3/c1-12-4-5-14(10-16(12)20)21-13(2)19(23)22-15-6-7-17-18(11-15)25-9-3-8-24-17/h4-7,10-11,13,21H,3,8-9H2,1-2H3,(H,22,23). The normalized spacial score (nSPS) is 14.4. The fourth-order valence-corrected chi connectivity index (χ4v) is 2.87. The summed E-state index contributed by atoms with van der Waals surface area (Å²) < 4.78 is 12.3. The van der Waals surface area contributed by atoms with E-state index in [1.165, 1.54) is 0 Å². The van der Waals surface area contributed by atoms with Gasteiger partial charge in [0, 0.05) is 28.3 Å². The lowest BCUT2D eigenvalue weighted by Crippen LogP contribution is -2.31. The van der Waals surface area contributed by atoms with E-state index in [9.17, 15) is 4.79 Å². The van der Waals surface area contributed by atoms with Crippen molar-refractivity contribution in [3.63, 3.8) is 0 Å². The van der Waals surface area contributed by atoms with E-state index < -0.39 is 0 Å². The van der Waals surface area contributed by atoms with Gasteiger partial charge in [-0.25, -0.2) is 0 Å². The first-order valence-electron chi connectivity index (χ1n) is 8.26. The minimum absolute atomic E-state index is 0.119. The lowest BCUT2D eigenvalue weighted by molar-refractivity contribution is -0.116. The van der Waals surface area contributed by atoms with E-state index in [2.05, 4.69) is 26.6 Å². The highest BCUT2D eigenvalue weighted by Gasteiger charge is 2.16. The molecule has 5 nitrogen and oxygen atoms in total. The van der Waals surface area contributed by atoms with Crippen molar-refractivity contribution in [2.45, 2.75) is 26.3 Å². The largest absolute Gasteiger partial charge is 0.490 e. The predicted octanol–water partition coefficient (Wildman–Crippen LogP) is 4.36. The number of carbonyl (C=O) groups is 1. The van der Waals surface area contributed by atoms with Crippen LogP contribution in [0.4, 0.5) is 11.4 Å². The molecule has 1 atom stereocenters. The van der Waals surface area contributed by atoms with E-state index in [0.29, 0.717) is 30.4 Å². The van der Waals surface area contributed by atoms with E-state index in [1.54, 1.807) is 6.07 Å². The van der Waals surface area contributed by atoms with Gasteiger partial charge in [-0.2, -0.15) is 0 Å². The van der Waals surface area contributed by atoms with E-state index in [4.69, 9.17) is 9.47 Å². The highest BCUT2D eigenvalue weighted by molar-refractivity contribution is 9.10. The van der Waals surface area contributed by atoms with Gasteiger partial charge in [0.2, 0.25) is 5.91 Å². The second-order valence-corrected chi connectivity index (χ2v) is 6.89. The molecule has 132 valence electrons. The summed E-state index contributed by atoms with van der Waals surface area (Å²) in [6.45, 7) is 5.11. The highest BCUT2D eigenvalue weighted by Crippen LogP contribution is 2.32. The molecule has 6 heteroatoms. The van der Waals surface area contributed by atoms with Crippen LogP contribution >= 0.6 is 15.9 Å². The number of fused-ring (bicyclic) bond motifs is 1. The fraction of sp³-hybridized carbons (Fsp3) is 0.316. The van der Waals surface area contributed by atoms with Gasteiger partial charge in [0.05, 0.1) is 13.2 Å². The SMILES string of the molecule is Cc1ccc(NC(C)C(=O)Nc2ccc3c(c2)OCCCO3)cc1Br. The monoisotopic (exact) mass is 404 g/mol. The van der Waals surface area contributed by atoms with Crippen molar-refractivity contribution in [2.24, 2.45) is 0 Å². The van der Waals surface area contributed by atoms with Crippen LogP contribution in [0.15, 0.2) is 40.9 Å². The first kappa shape index (κ1) is 17.6. The van der Waals surface area contributed by atoms with Crippen molar-refractivity contribution in [1.82, 2.24) is 0 Å². The number of benzene rings is 2. The van der Waals surface area contributed by atoms with Gasteiger partial charge < -0.3 is 20.1 Å². The van der Waals surface area contributed by atoms with Crippen LogP contribution in [0, 0.1) is 6.92 Å². The van der Waals surface area contributed by atoms with Gasteiger partial charge in [0.1, 0.15) is 6.04 Å². The number of carbonyl (C=O) groups excluding carboxylic acids is 1. The Labute approximate surface area is 155 Å². The summed E-state index contributed by atoms with van der Waals surface area (Å²) in [6, 6.07) is 11.0. The lowest BCUT2D eigenvalue weighted by Gasteiger charge is -2.16. The Bertz CT molecular complexity index is 779. The zero-order valence-electron chi connectivity index (χ0n) is 14.3. The van der Waals surface area contributed by atoms with Crippen molar-refractivity contribution in [3.8, 4) is 11.5 Å². The van der Waals surface area contributed by atoms with Crippen LogP contribution in [-0.4, -0.2) is 25.2 Å². The maximum Gasteiger partial charge on any atom is 0.246 e. The molecule has 2 aromatic rings. The Morgan fingerprint density at radius 3 is 2.56 bits per heavy atom. The minimum Gasteiger partial charge on any atom is -0.490 e. The van der Waals surface area contributed by atoms with E-state index in [0.717, 1.165) is 22.1 Å². The number of aryl methyl sites for hydroxylation is 1. The van der Waals surface area contributed by atoms with Crippen LogP contribution in [0.2, 0.25) is 0 Å². The molecule has 0 spiro atoms. The Kier molecular flexibility index (Phi) is 5.48. The van der Waals surface area contributed by atoms with Gasteiger partial charge in [-0.15, -0.1) is 0 Å². The second-order valence-electron chi connectivity index (χ2n) is 6.03. The molecule has 25 heavy (non-hydrogen) atoms. The Morgan fingerprint density at radius 2 is 1.80 bits per heavy atom. The Morgan fingerprint density at radius 1 is 1.08 bits per heavy atom. The molecule has 0 aromatic heterocycles. The molecule has 0 saturated carbocycles. The molecular formula is C19H21BrN2O3. The Hall–Kier alpha value is -2.21. The summed E-state index contributed by atoms with van der Waals surface area (Å²) in [6.07, 6.45) is 0.851. The van der Waals surface area contributed by atoms with E-state index >= 15 is 0 Å². The van der Waals surface area contributed by atoms with Crippen LogP contribution in [0.1, 0.15) is 18.9 Å². The zero-order chi connectivity index (χ0) is 17.8. The van der Waals surface area contributed by atoms with Crippen molar-refractivity contribution < 1.29 is 14.3 Å². The molecule has 0 radical (unpaired) electrons. The first-order valence-corrected chi connectivity index (χ1v) is 9.05. The molecular weight excluding hydrogens is 384 g/mol. The van der Waals surface area contributed by atoms with Crippen molar-refractivity contribution >= 4 is 33.2 Å². The fourth-order valence-electron chi connectivity index (χ4n) is 2.49. The third kappa shape index (κ3) is 4.45. The molecule has 1 heterocycles. The van der Waals surface area contributed by atoms with Gasteiger partial charge in [0.15, 0.2) is 11.5 Å². The molecule has 1 unspecified atom stereocenters. The van der Waals surface area contributed by atoms with Gasteiger partial charge in [-0.3, -0.25) is 4.79 Å². The lowest BCUT2D eigenvalue weighted by atomic mass is 10.2. The second kappa shape index (κ2) is 7.78. The third-order valence-electron chi connectivity index (χ3n) is 3.96. The number of amides is 1. The molecule has 0 aliphatic carbocycles. The van der Waals surface area contributed by atoms with Gasteiger partial charge in [-0.05, 0) is 43.7 Å². The molecule has 0 fully saturated rings. The molecule has 2 aromatic carbocycles. The molecule has 1 amide bonds. The molecule has 1 aliphatic heterocycles. The average molecular weight is 405 g/mol. The quantitative estimate of drug-likeness (QED) is 0.794. The van der Waals surface area contributed by atoms with Crippen molar-refractivity contribution in [2.75, 3.05) is 23.8 Å². The number of rotatable bonds is 4. The third-order valence-corrected chi connectivity index (χ3v) is 4.82. The first-order chi connectivity index (χ1) is 12.0. The number of ether oxygens (including phenoxy) is 2. The minimum atomic E-state index is -0.384. The van der Waals surface area contributed by atoms with Crippen LogP contribution in [0.3, 0.4) is 0 Å². The van der Waals surface area contributed by atoms with Gasteiger partial charge in [0.25, 0.3) is 0 Å². The van der Waals surface area contributed by atoms with Crippen LogP contribution in [0.25, 0.3) is 0 Å². The van der Waals surface area contributed by atoms with Gasteiger partial charge in [-0.1, -0.05) is 22.0 Å². The van der Waals surface area contributed by atoms with Gasteiger partial charge >= 0.3 is 0 Å². The van der Waals surface area contributed by atoms with Crippen molar-refractivity contribution in [1.29, 1.82) is 0 Å².